The molecular weight excluding hydrogens is 381 g/mol. The monoisotopic (exact) mass is 404 g/mol. The highest BCUT2D eigenvalue weighted by molar-refractivity contribution is 6.01. The number of halogens is 3. The third-order valence-electron chi connectivity index (χ3n) is 4.85. The molecule has 1 atom stereocenters. The molecule has 0 saturated heterocycles. The number of oxime groups is 1. The Morgan fingerprint density at radius 1 is 1.14 bits per heavy atom. The van der Waals surface area contributed by atoms with E-state index in [-0.39, 0.29) is 18.6 Å². The van der Waals surface area contributed by atoms with Gasteiger partial charge < -0.3 is 9.74 Å². The van der Waals surface area contributed by atoms with Crippen molar-refractivity contribution in [2.24, 2.45) is 5.16 Å². The molecule has 0 unspecified atom stereocenters. The molecule has 1 aliphatic rings. The molecule has 29 heavy (non-hydrogen) atoms. The Hall–Kier alpha value is -2.83. The van der Waals surface area contributed by atoms with Gasteiger partial charge >= 0.3 is 6.18 Å². The van der Waals surface area contributed by atoms with Gasteiger partial charge in [0.25, 0.3) is 0 Å². The molecule has 1 amide bonds. The highest BCUT2D eigenvalue weighted by Gasteiger charge is 2.30. The van der Waals surface area contributed by atoms with Crippen LogP contribution in [0.4, 0.5) is 13.2 Å². The minimum atomic E-state index is -4.38. The number of aryl methyl sites for hydroxylation is 1. The second kappa shape index (κ2) is 8.68. The van der Waals surface area contributed by atoms with Gasteiger partial charge in [-0.25, -0.2) is 0 Å². The minimum absolute atomic E-state index is 0.0858. The smallest absolute Gasteiger partial charge is 0.390 e. The van der Waals surface area contributed by atoms with Crippen LogP contribution in [0.25, 0.3) is 0 Å². The van der Waals surface area contributed by atoms with Gasteiger partial charge in [0.05, 0.1) is 17.8 Å². The maximum absolute atomic E-state index is 12.7. The van der Waals surface area contributed by atoms with E-state index in [0.717, 1.165) is 29.0 Å². The van der Waals surface area contributed by atoms with Crippen molar-refractivity contribution in [3.05, 3.63) is 70.8 Å². The molecule has 2 aromatic carbocycles. The molecule has 0 aromatic heterocycles. The Morgan fingerprint density at radius 3 is 2.38 bits per heavy atom. The first-order chi connectivity index (χ1) is 13.8. The summed E-state index contributed by atoms with van der Waals surface area (Å²) in [6, 6.07) is 12.9. The molecule has 0 aliphatic carbocycles. The van der Waals surface area contributed by atoms with Crippen LogP contribution in [0, 0.1) is 6.92 Å². The highest BCUT2D eigenvalue weighted by Crippen LogP contribution is 2.29. The lowest BCUT2D eigenvalue weighted by molar-refractivity contribution is -0.137. The number of hydrogen-bond acceptors (Lipinski definition) is 3. The van der Waals surface area contributed by atoms with Crippen LogP contribution in [0.5, 0.6) is 0 Å². The number of carbonyl (C=O) groups is 1. The average Bonchev–Trinajstić information content (AvgIpc) is 3.15. The van der Waals surface area contributed by atoms with Crippen LogP contribution in [0.3, 0.4) is 0 Å². The normalized spacial score (nSPS) is 16.3. The number of carbonyl (C=O) groups excluding carboxylic acids is 1. The van der Waals surface area contributed by atoms with Crippen LogP contribution >= 0.6 is 0 Å². The lowest BCUT2D eigenvalue weighted by Crippen LogP contribution is -2.36. The third kappa shape index (κ3) is 5.37. The number of amides is 1. The topological polar surface area (TPSA) is 41.9 Å². The predicted octanol–water partition coefficient (Wildman–Crippen LogP) is 4.95. The van der Waals surface area contributed by atoms with E-state index < -0.39 is 11.7 Å². The zero-order valence-corrected chi connectivity index (χ0v) is 16.4. The van der Waals surface area contributed by atoms with Crippen LogP contribution in [-0.4, -0.2) is 29.2 Å². The molecule has 3 rings (SSSR count). The second-order valence-electron chi connectivity index (χ2n) is 7.16. The molecule has 0 saturated carbocycles. The lowest BCUT2D eigenvalue weighted by Gasteiger charge is -2.24. The minimum Gasteiger partial charge on any atom is -0.390 e. The van der Waals surface area contributed by atoms with Crippen molar-refractivity contribution in [1.29, 1.82) is 0 Å². The summed E-state index contributed by atoms with van der Waals surface area (Å²) in [5.74, 6) is -0.0858. The number of rotatable bonds is 6. The van der Waals surface area contributed by atoms with Crippen LogP contribution < -0.4 is 0 Å². The van der Waals surface area contributed by atoms with Gasteiger partial charge in [-0.05, 0) is 30.2 Å². The quantitative estimate of drug-likeness (QED) is 0.684. The summed E-state index contributed by atoms with van der Waals surface area (Å²) >= 11 is 0. The Kier molecular flexibility index (Phi) is 6.25. The van der Waals surface area contributed by atoms with Gasteiger partial charge in [0.2, 0.25) is 5.91 Å². The van der Waals surface area contributed by atoms with E-state index in [1.165, 1.54) is 12.1 Å². The summed E-state index contributed by atoms with van der Waals surface area (Å²) < 4.78 is 38.2. The van der Waals surface area contributed by atoms with Crippen molar-refractivity contribution < 1.29 is 22.8 Å². The molecule has 0 spiro atoms. The van der Waals surface area contributed by atoms with Gasteiger partial charge in [-0.15, -0.1) is 0 Å². The first-order valence-electron chi connectivity index (χ1n) is 9.50. The number of benzene rings is 2. The van der Waals surface area contributed by atoms with Crippen LogP contribution in [0.1, 0.15) is 42.0 Å². The summed E-state index contributed by atoms with van der Waals surface area (Å²) in [5, 5.41) is 4.15. The fourth-order valence-electron chi connectivity index (χ4n) is 3.19. The van der Waals surface area contributed by atoms with Crippen molar-refractivity contribution in [3.63, 3.8) is 0 Å². The fourth-order valence-corrected chi connectivity index (χ4v) is 3.19. The predicted molar refractivity (Wildman–Crippen MR) is 104 cm³/mol. The van der Waals surface area contributed by atoms with E-state index in [4.69, 9.17) is 4.84 Å². The van der Waals surface area contributed by atoms with Crippen LogP contribution in [0.2, 0.25) is 0 Å². The molecule has 1 aliphatic heterocycles. The van der Waals surface area contributed by atoms with Crippen LogP contribution in [-0.2, 0) is 22.4 Å². The summed E-state index contributed by atoms with van der Waals surface area (Å²) in [4.78, 5) is 19.5. The van der Waals surface area contributed by atoms with E-state index in [0.29, 0.717) is 24.9 Å². The largest absolute Gasteiger partial charge is 0.416 e. The molecule has 7 heteroatoms. The standard InChI is InChI=1S/C22H23F3N2O2/c1-3-21(28)27(13-16-6-10-18(11-7-16)22(23,24)25)14-19-12-20(26-29-19)17-8-4-15(2)5-9-17/h4-11,19H,3,12-14H2,1-2H3/t19-/m0/s1. The van der Waals surface area contributed by atoms with E-state index >= 15 is 0 Å². The van der Waals surface area contributed by atoms with Gasteiger partial charge in [0, 0.05) is 19.4 Å². The summed E-state index contributed by atoms with van der Waals surface area (Å²) in [5.41, 5.74) is 2.89. The first-order valence-corrected chi connectivity index (χ1v) is 9.50. The van der Waals surface area contributed by atoms with Gasteiger partial charge in [0.1, 0.15) is 0 Å². The average molecular weight is 404 g/mol. The fraction of sp³-hybridized carbons (Fsp3) is 0.364. The van der Waals surface area contributed by atoms with Crippen molar-refractivity contribution in [3.8, 4) is 0 Å². The van der Waals surface area contributed by atoms with E-state index in [2.05, 4.69) is 5.16 Å². The number of alkyl halides is 3. The van der Waals surface area contributed by atoms with Crippen molar-refractivity contribution in [2.75, 3.05) is 6.54 Å². The van der Waals surface area contributed by atoms with E-state index in [1.807, 2.05) is 31.2 Å². The van der Waals surface area contributed by atoms with Crippen molar-refractivity contribution in [2.45, 2.75) is 45.5 Å². The zero-order valence-electron chi connectivity index (χ0n) is 16.4. The molecule has 1 heterocycles. The highest BCUT2D eigenvalue weighted by atomic mass is 19.4. The molecule has 154 valence electrons. The molecule has 0 bridgehead atoms. The molecule has 0 radical (unpaired) electrons. The van der Waals surface area contributed by atoms with E-state index in [1.54, 1.807) is 11.8 Å². The van der Waals surface area contributed by atoms with Gasteiger partial charge in [-0.3, -0.25) is 4.79 Å². The number of nitrogens with zero attached hydrogens (tertiary/aromatic N) is 2. The Bertz CT molecular complexity index is 874. The first kappa shape index (κ1) is 20.9. The second-order valence-corrected chi connectivity index (χ2v) is 7.16. The van der Waals surface area contributed by atoms with Crippen molar-refractivity contribution >= 4 is 11.6 Å². The summed E-state index contributed by atoms with van der Waals surface area (Å²) in [7, 11) is 0. The van der Waals surface area contributed by atoms with Gasteiger partial charge in [-0.2, -0.15) is 13.2 Å². The molecular formula is C22H23F3N2O2. The maximum Gasteiger partial charge on any atom is 0.416 e. The Morgan fingerprint density at radius 2 is 1.79 bits per heavy atom. The number of hydrogen-bond donors (Lipinski definition) is 0. The SMILES string of the molecule is CCC(=O)N(Cc1ccc(C(F)(F)F)cc1)C[C@@H]1CC(c2ccc(C)cc2)=NO1. The Labute approximate surface area is 168 Å². The molecule has 0 N–H and O–H groups in total. The summed E-state index contributed by atoms with van der Waals surface area (Å²) in [6.07, 6.45) is -3.78. The Balaban J connectivity index is 1.64. The molecule has 0 fully saturated rings. The summed E-state index contributed by atoms with van der Waals surface area (Å²) in [6.45, 7) is 4.32. The van der Waals surface area contributed by atoms with Crippen molar-refractivity contribution in [1.82, 2.24) is 4.90 Å². The molecule has 2 aromatic rings. The van der Waals surface area contributed by atoms with Crippen LogP contribution in [0.15, 0.2) is 53.7 Å². The zero-order chi connectivity index (χ0) is 21.0. The van der Waals surface area contributed by atoms with Gasteiger partial charge in [0.15, 0.2) is 6.10 Å². The third-order valence-corrected chi connectivity index (χ3v) is 4.85. The maximum atomic E-state index is 12.7. The van der Waals surface area contributed by atoms with Gasteiger partial charge in [-0.1, -0.05) is 54.0 Å². The van der Waals surface area contributed by atoms with E-state index in [9.17, 15) is 18.0 Å². The lowest BCUT2D eigenvalue weighted by atomic mass is 10.0. The molecule has 4 nitrogen and oxygen atoms in total.